The summed E-state index contributed by atoms with van der Waals surface area (Å²) in [5.74, 6) is 0.113. The van der Waals surface area contributed by atoms with Crippen molar-refractivity contribution < 1.29 is 9.90 Å². The van der Waals surface area contributed by atoms with Crippen LogP contribution in [-0.2, 0) is 0 Å². The highest BCUT2D eigenvalue weighted by Crippen LogP contribution is 2.30. The molecule has 1 fully saturated rings. The van der Waals surface area contributed by atoms with Gasteiger partial charge in [-0.1, -0.05) is 11.3 Å². The van der Waals surface area contributed by atoms with E-state index in [1.54, 1.807) is 14.0 Å². The van der Waals surface area contributed by atoms with E-state index in [2.05, 4.69) is 9.88 Å². The monoisotopic (exact) mass is 298 g/mol. The molecule has 0 bridgehead atoms. The van der Waals surface area contributed by atoms with Crippen molar-refractivity contribution in [3.05, 3.63) is 4.88 Å². The average molecular weight is 298 g/mol. The smallest absolute Gasteiger partial charge is 0.267 e. The molecule has 6 nitrogen and oxygen atoms in total. The van der Waals surface area contributed by atoms with E-state index >= 15 is 0 Å². The highest BCUT2D eigenvalue weighted by molar-refractivity contribution is 7.18. The average Bonchev–Trinajstić information content (AvgIpc) is 2.80. The molecule has 1 atom stereocenters. The van der Waals surface area contributed by atoms with Crippen molar-refractivity contribution in [2.24, 2.45) is 0 Å². The first kappa shape index (κ1) is 15.1. The van der Waals surface area contributed by atoms with E-state index < -0.39 is 6.10 Å². The number of likely N-dealkylation sites (N-methyl/N-ethyl adjacent to an activating group) is 1. The van der Waals surface area contributed by atoms with Crippen molar-refractivity contribution in [1.82, 2.24) is 9.88 Å². The van der Waals surface area contributed by atoms with Crippen LogP contribution in [0.3, 0.4) is 0 Å². The number of anilines is 2. The lowest BCUT2D eigenvalue weighted by Crippen LogP contribution is -2.33. The Morgan fingerprint density at radius 1 is 1.50 bits per heavy atom. The molecular weight excluding hydrogens is 276 g/mol. The van der Waals surface area contributed by atoms with Gasteiger partial charge in [0.25, 0.3) is 5.91 Å². The normalized spacial score (nSPS) is 17.1. The van der Waals surface area contributed by atoms with Crippen molar-refractivity contribution >= 4 is 28.2 Å². The number of nitrogens with zero attached hydrogens (tertiary/aromatic N) is 3. The van der Waals surface area contributed by atoms with Gasteiger partial charge in [0.15, 0.2) is 5.13 Å². The fourth-order valence-corrected chi connectivity index (χ4v) is 3.38. The quantitative estimate of drug-likeness (QED) is 0.872. The highest BCUT2D eigenvalue weighted by atomic mass is 32.1. The van der Waals surface area contributed by atoms with Crippen LogP contribution in [0.1, 0.15) is 35.9 Å². The van der Waals surface area contributed by atoms with Gasteiger partial charge in [0.05, 0.1) is 6.10 Å². The lowest BCUT2D eigenvalue weighted by Gasteiger charge is -2.25. The van der Waals surface area contributed by atoms with E-state index in [9.17, 15) is 9.90 Å². The molecule has 0 saturated carbocycles. The molecule has 1 aromatic heterocycles. The maximum Gasteiger partial charge on any atom is 0.267 e. The molecule has 0 radical (unpaired) electrons. The first-order chi connectivity index (χ1) is 9.49. The summed E-state index contributed by atoms with van der Waals surface area (Å²) < 4.78 is 0. The lowest BCUT2D eigenvalue weighted by atomic mass is 10.1. The van der Waals surface area contributed by atoms with Crippen LogP contribution in [0.4, 0.5) is 10.9 Å². The van der Waals surface area contributed by atoms with Crippen LogP contribution < -0.4 is 10.6 Å². The minimum atomic E-state index is -0.556. The Kier molecular flexibility index (Phi) is 4.82. The van der Waals surface area contributed by atoms with Gasteiger partial charge in [0.2, 0.25) is 0 Å². The number of nitrogens with two attached hydrogens (primary N) is 1. The second-order valence-electron chi connectivity index (χ2n) is 5.29. The molecule has 1 aliphatic heterocycles. The standard InChI is InChI=1S/C13H22N4O2S/c1-9(18)8-16(2)12(19)10-11(14)15-13(20-10)17-6-4-3-5-7-17/h9,18H,3-8,14H2,1-2H3. The number of amides is 1. The van der Waals surface area contributed by atoms with E-state index in [-0.39, 0.29) is 18.3 Å². The van der Waals surface area contributed by atoms with Crippen LogP contribution in [0.15, 0.2) is 0 Å². The Balaban J connectivity index is 2.12. The predicted molar refractivity (Wildman–Crippen MR) is 81.2 cm³/mol. The zero-order valence-electron chi connectivity index (χ0n) is 12.0. The number of aliphatic hydroxyl groups excluding tert-OH is 1. The van der Waals surface area contributed by atoms with Gasteiger partial charge in [0.1, 0.15) is 10.7 Å². The van der Waals surface area contributed by atoms with Crippen LogP contribution in [0, 0.1) is 0 Å². The summed E-state index contributed by atoms with van der Waals surface area (Å²) in [4.78, 5) is 20.8. The SMILES string of the molecule is CC(O)CN(C)C(=O)c1sc(N2CCCCC2)nc1N. The zero-order valence-corrected chi connectivity index (χ0v) is 12.8. The maximum absolute atomic E-state index is 12.3. The number of hydrogen-bond donors (Lipinski definition) is 2. The minimum absolute atomic E-state index is 0.177. The third-order valence-electron chi connectivity index (χ3n) is 3.35. The van der Waals surface area contributed by atoms with Crippen molar-refractivity contribution in [3.8, 4) is 0 Å². The number of nitrogen functional groups attached to an aromatic ring is 1. The summed E-state index contributed by atoms with van der Waals surface area (Å²) in [6, 6.07) is 0. The second-order valence-corrected chi connectivity index (χ2v) is 6.27. The fourth-order valence-electron chi connectivity index (χ4n) is 2.35. The molecule has 1 saturated heterocycles. The van der Waals surface area contributed by atoms with Gasteiger partial charge in [-0.15, -0.1) is 0 Å². The van der Waals surface area contributed by atoms with Crippen LogP contribution in [0.25, 0.3) is 0 Å². The molecule has 3 N–H and O–H groups in total. The molecule has 112 valence electrons. The first-order valence-electron chi connectivity index (χ1n) is 6.94. The molecule has 1 aromatic rings. The molecule has 0 spiro atoms. The van der Waals surface area contributed by atoms with Crippen LogP contribution >= 0.6 is 11.3 Å². The molecule has 7 heteroatoms. The molecule has 1 aliphatic rings. The molecule has 0 aromatic carbocycles. The van der Waals surface area contributed by atoms with E-state index in [4.69, 9.17) is 5.73 Å². The summed E-state index contributed by atoms with van der Waals surface area (Å²) in [5, 5.41) is 10.2. The predicted octanol–water partition coefficient (Wildman–Crippen LogP) is 1.17. The topological polar surface area (TPSA) is 82.7 Å². The largest absolute Gasteiger partial charge is 0.392 e. The van der Waals surface area contributed by atoms with E-state index in [0.717, 1.165) is 31.1 Å². The number of rotatable bonds is 4. The number of hydrogen-bond acceptors (Lipinski definition) is 6. The van der Waals surface area contributed by atoms with E-state index in [1.165, 1.54) is 22.7 Å². The number of carbonyl (C=O) groups is 1. The Bertz CT molecular complexity index is 469. The number of thiazole rings is 1. The van der Waals surface area contributed by atoms with Gasteiger partial charge in [-0.2, -0.15) is 0 Å². The highest BCUT2D eigenvalue weighted by Gasteiger charge is 2.23. The molecule has 2 rings (SSSR count). The number of piperidine rings is 1. The van der Waals surface area contributed by atoms with Gasteiger partial charge in [-0.3, -0.25) is 4.79 Å². The van der Waals surface area contributed by atoms with Crippen LogP contribution in [0.5, 0.6) is 0 Å². The molecular formula is C13H22N4O2S. The summed E-state index contributed by atoms with van der Waals surface area (Å²) in [6.45, 7) is 3.89. The third-order valence-corrected chi connectivity index (χ3v) is 4.47. The summed E-state index contributed by atoms with van der Waals surface area (Å²) >= 11 is 1.35. The Morgan fingerprint density at radius 2 is 2.15 bits per heavy atom. The minimum Gasteiger partial charge on any atom is -0.392 e. The molecule has 1 amide bonds. The first-order valence-corrected chi connectivity index (χ1v) is 7.75. The number of aliphatic hydroxyl groups is 1. The van der Waals surface area contributed by atoms with Gasteiger partial charge in [-0.05, 0) is 26.2 Å². The Morgan fingerprint density at radius 3 is 2.75 bits per heavy atom. The fraction of sp³-hybridized carbons (Fsp3) is 0.692. The molecule has 0 aliphatic carbocycles. The molecule has 1 unspecified atom stereocenters. The summed E-state index contributed by atoms with van der Waals surface area (Å²) in [7, 11) is 1.66. The van der Waals surface area contributed by atoms with Crippen molar-refractivity contribution in [2.45, 2.75) is 32.3 Å². The van der Waals surface area contributed by atoms with Gasteiger partial charge < -0.3 is 20.6 Å². The van der Waals surface area contributed by atoms with E-state index in [0.29, 0.717) is 4.88 Å². The number of aromatic nitrogens is 1. The van der Waals surface area contributed by atoms with Crippen LogP contribution in [0.2, 0.25) is 0 Å². The van der Waals surface area contributed by atoms with Gasteiger partial charge in [-0.25, -0.2) is 4.98 Å². The summed E-state index contributed by atoms with van der Waals surface area (Å²) in [5.41, 5.74) is 5.88. The third kappa shape index (κ3) is 3.40. The Labute approximate surface area is 123 Å². The van der Waals surface area contributed by atoms with Gasteiger partial charge >= 0.3 is 0 Å². The summed E-state index contributed by atoms with van der Waals surface area (Å²) in [6.07, 6.45) is 3.01. The van der Waals surface area contributed by atoms with Gasteiger partial charge in [0, 0.05) is 26.7 Å². The van der Waals surface area contributed by atoms with Crippen molar-refractivity contribution in [2.75, 3.05) is 37.3 Å². The van der Waals surface area contributed by atoms with Crippen LogP contribution in [-0.4, -0.2) is 53.7 Å². The Hall–Kier alpha value is -1.34. The molecule has 20 heavy (non-hydrogen) atoms. The zero-order chi connectivity index (χ0) is 14.7. The lowest BCUT2D eigenvalue weighted by molar-refractivity contribution is 0.0709. The van der Waals surface area contributed by atoms with Crippen molar-refractivity contribution in [1.29, 1.82) is 0 Å². The van der Waals surface area contributed by atoms with E-state index in [1.807, 2.05) is 0 Å². The number of carbonyl (C=O) groups excluding carboxylic acids is 1. The van der Waals surface area contributed by atoms with Crippen molar-refractivity contribution in [3.63, 3.8) is 0 Å². The molecule has 2 heterocycles. The second kappa shape index (κ2) is 6.41. The maximum atomic E-state index is 12.3.